The molecule has 2 heterocycles. The SMILES string of the molecule is O=C1OCC2=C1Nc1cc3ccccc3cc1N=C2c1ccccc1. The molecule has 120 valence electrons. The van der Waals surface area contributed by atoms with E-state index in [1.165, 1.54) is 0 Å². The smallest absolute Gasteiger partial charge is 0.355 e. The lowest BCUT2D eigenvalue weighted by Gasteiger charge is -2.09. The number of aliphatic imine (C=N–C) groups is 1. The number of anilines is 1. The largest absolute Gasteiger partial charge is 0.456 e. The molecule has 2 aliphatic heterocycles. The third kappa shape index (κ3) is 2.22. The molecule has 0 bridgehead atoms. The van der Waals surface area contributed by atoms with Crippen molar-refractivity contribution in [3.63, 3.8) is 0 Å². The van der Waals surface area contributed by atoms with Gasteiger partial charge in [0.25, 0.3) is 0 Å². The molecular formula is C21H14N2O2. The third-order valence-corrected chi connectivity index (χ3v) is 4.54. The predicted octanol–water partition coefficient (Wildman–Crippen LogP) is 4.20. The van der Waals surface area contributed by atoms with Gasteiger partial charge in [-0.1, -0.05) is 54.6 Å². The van der Waals surface area contributed by atoms with E-state index in [4.69, 9.17) is 9.73 Å². The Bertz CT molecular complexity index is 1080. The molecule has 0 radical (unpaired) electrons. The highest BCUT2D eigenvalue weighted by molar-refractivity contribution is 6.20. The van der Waals surface area contributed by atoms with Crippen molar-refractivity contribution in [3.05, 3.63) is 83.6 Å². The summed E-state index contributed by atoms with van der Waals surface area (Å²) in [6, 6.07) is 22.1. The normalized spacial score (nSPS) is 15.8. The highest BCUT2D eigenvalue weighted by atomic mass is 16.5. The van der Waals surface area contributed by atoms with Crippen LogP contribution in [0.3, 0.4) is 0 Å². The van der Waals surface area contributed by atoms with Gasteiger partial charge >= 0.3 is 5.97 Å². The summed E-state index contributed by atoms with van der Waals surface area (Å²) in [5, 5.41) is 5.47. The zero-order valence-corrected chi connectivity index (χ0v) is 13.3. The van der Waals surface area contributed by atoms with Crippen LogP contribution in [0.4, 0.5) is 11.4 Å². The van der Waals surface area contributed by atoms with Gasteiger partial charge in [0, 0.05) is 11.1 Å². The Morgan fingerprint density at radius 3 is 2.44 bits per heavy atom. The Hall–Kier alpha value is -3.40. The lowest BCUT2D eigenvalue weighted by atomic mass is 10.0. The average molecular weight is 326 g/mol. The number of nitrogens with one attached hydrogen (secondary N) is 1. The van der Waals surface area contributed by atoms with Crippen LogP contribution >= 0.6 is 0 Å². The molecule has 5 rings (SSSR count). The zero-order chi connectivity index (χ0) is 16.8. The number of carbonyl (C=O) groups is 1. The van der Waals surface area contributed by atoms with Crippen LogP contribution in [0.15, 0.2) is 83.0 Å². The van der Waals surface area contributed by atoms with Gasteiger partial charge in [0.1, 0.15) is 12.3 Å². The molecule has 0 atom stereocenters. The molecule has 4 heteroatoms. The summed E-state index contributed by atoms with van der Waals surface area (Å²) in [6.45, 7) is 0.238. The van der Waals surface area contributed by atoms with Gasteiger partial charge in [0.05, 0.1) is 17.1 Å². The summed E-state index contributed by atoms with van der Waals surface area (Å²) in [4.78, 5) is 17.1. The van der Waals surface area contributed by atoms with E-state index in [0.29, 0.717) is 5.70 Å². The molecule has 2 aliphatic rings. The summed E-state index contributed by atoms with van der Waals surface area (Å²) in [5.74, 6) is -0.334. The molecule has 0 unspecified atom stereocenters. The van der Waals surface area contributed by atoms with E-state index in [0.717, 1.165) is 39.0 Å². The van der Waals surface area contributed by atoms with E-state index in [-0.39, 0.29) is 12.6 Å². The number of hydrogen-bond donors (Lipinski definition) is 1. The van der Waals surface area contributed by atoms with Crippen molar-refractivity contribution in [1.29, 1.82) is 0 Å². The van der Waals surface area contributed by atoms with Gasteiger partial charge in [-0.15, -0.1) is 0 Å². The van der Waals surface area contributed by atoms with Crippen LogP contribution in [0.25, 0.3) is 10.8 Å². The Balaban J connectivity index is 1.79. The first-order valence-corrected chi connectivity index (χ1v) is 8.14. The van der Waals surface area contributed by atoms with Crippen LogP contribution < -0.4 is 5.32 Å². The number of hydrogen-bond acceptors (Lipinski definition) is 4. The van der Waals surface area contributed by atoms with Gasteiger partial charge in [0.2, 0.25) is 0 Å². The number of fused-ring (bicyclic) bond motifs is 2. The standard InChI is InChI=1S/C21H14N2O2/c24-21-20-16(12-25-21)19(13-6-2-1-3-7-13)22-17-10-14-8-4-5-9-15(14)11-18(17)23-20/h1-11,23H,12H2. The maximum atomic E-state index is 12.2. The molecule has 4 nitrogen and oxygen atoms in total. The number of carbonyl (C=O) groups excluding carboxylic acids is 1. The quantitative estimate of drug-likeness (QED) is 0.682. The first-order chi connectivity index (χ1) is 12.3. The highest BCUT2D eigenvalue weighted by Gasteiger charge is 2.31. The van der Waals surface area contributed by atoms with Crippen molar-refractivity contribution >= 4 is 33.8 Å². The zero-order valence-electron chi connectivity index (χ0n) is 13.3. The Labute approximate surface area is 144 Å². The summed E-state index contributed by atoms with van der Waals surface area (Å²) in [6.07, 6.45) is 0. The molecule has 3 aromatic carbocycles. The highest BCUT2D eigenvalue weighted by Crippen LogP contribution is 2.37. The van der Waals surface area contributed by atoms with Gasteiger partial charge < -0.3 is 10.1 Å². The average Bonchev–Trinajstić information content (AvgIpc) is 2.92. The van der Waals surface area contributed by atoms with Crippen molar-refractivity contribution in [2.45, 2.75) is 0 Å². The molecule has 0 aliphatic carbocycles. The van der Waals surface area contributed by atoms with E-state index < -0.39 is 0 Å². The molecule has 0 spiro atoms. The molecule has 0 fully saturated rings. The Morgan fingerprint density at radius 1 is 0.920 bits per heavy atom. The second-order valence-electron chi connectivity index (χ2n) is 6.10. The molecular weight excluding hydrogens is 312 g/mol. The minimum Gasteiger partial charge on any atom is -0.456 e. The van der Waals surface area contributed by atoms with Crippen LogP contribution in [0, 0.1) is 0 Å². The molecule has 0 amide bonds. The molecule has 0 aromatic heterocycles. The Morgan fingerprint density at radius 2 is 1.64 bits per heavy atom. The molecule has 25 heavy (non-hydrogen) atoms. The second-order valence-corrected chi connectivity index (χ2v) is 6.10. The number of cyclic esters (lactones) is 1. The maximum Gasteiger partial charge on any atom is 0.355 e. The van der Waals surface area contributed by atoms with Gasteiger partial charge in [-0.25, -0.2) is 9.79 Å². The fraction of sp³-hybridized carbons (Fsp3) is 0.0476. The van der Waals surface area contributed by atoms with Gasteiger partial charge in [0.15, 0.2) is 0 Å². The van der Waals surface area contributed by atoms with Crippen molar-refractivity contribution in [1.82, 2.24) is 0 Å². The van der Waals surface area contributed by atoms with Crippen molar-refractivity contribution in [2.24, 2.45) is 4.99 Å². The number of esters is 1. The van der Waals surface area contributed by atoms with Crippen LogP contribution in [0.1, 0.15) is 5.56 Å². The summed E-state index contributed by atoms with van der Waals surface area (Å²) in [7, 11) is 0. The number of ether oxygens (including phenoxy) is 1. The molecule has 0 saturated heterocycles. The van der Waals surface area contributed by atoms with Crippen molar-refractivity contribution < 1.29 is 9.53 Å². The number of nitrogens with zero attached hydrogens (tertiary/aromatic N) is 1. The number of rotatable bonds is 1. The predicted molar refractivity (Wildman–Crippen MR) is 98.2 cm³/mol. The lowest BCUT2D eigenvalue weighted by molar-refractivity contribution is -0.135. The van der Waals surface area contributed by atoms with E-state index in [1.54, 1.807) is 0 Å². The van der Waals surface area contributed by atoms with Gasteiger partial charge in [-0.05, 0) is 22.9 Å². The van der Waals surface area contributed by atoms with Crippen LogP contribution in [-0.4, -0.2) is 18.3 Å². The lowest BCUT2D eigenvalue weighted by Crippen LogP contribution is -2.11. The minimum absolute atomic E-state index is 0.238. The fourth-order valence-electron chi connectivity index (χ4n) is 3.30. The summed E-state index contributed by atoms with van der Waals surface area (Å²) < 4.78 is 5.25. The van der Waals surface area contributed by atoms with Crippen LogP contribution in [0.5, 0.6) is 0 Å². The second kappa shape index (κ2) is 5.31. The first kappa shape index (κ1) is 14.0. The van der Waals surface area contributed by atoms with E-state index in [2.05, 4.69) is 11.4 Å². The van der Waals surface area contributed by atoms with Gasteiger partial charge in [-0.3, -0.25) is 0 Å². The monoisotopic (exact) mass is 326 g/mol. The molecule has 3 aromatic rings. The van der Waals surface area contributed by atoms with Gasteiger partial charge in [-0.2, -0.15) is 0 Å². The van der Waals surface area contributed by atoms with E-state index in [9.17, 15) is 4.79 Å². The summed E-state index contributed by atoms with van der Waals surface area (Å²) >= 11 is 0. The maximum absolute atomic E-state index is 12.2. The topological polar surface area (TPSA) is 50.7 Å². The van der Waals surface area contributed by atoms with E-state index in [1.807, 2.05) is 60.7 Å². The van der Waals surface area contributed by atoms with E-state index >= 15 is 0 Å². The third-order valence-electron chi connectivity index (χ3n) is 4.54. The fourth-order valence-corrected chi connectivity index (χ4v) is 3.30. The number of benzene rings is 3. The molecule has 0 saturated carbocycles. The Kier molecular flexibility index (Phi) is 2.97. The van der Waals surface area contributed by atoms with Crippen molar-refractivity contribution in [2.75, 3.05) is 11.9 Å². The first-order valence-electron chi connectivity index (χ1n) is 8.14. The van der Waals surface area contributed by atoms with Crippen molar-refractivity contribution in [3.8, 4) is 0 Å². The summed E-state index contributed by atoms with van der Waals surface area (Å²) in [5.41, 5.74) is 4.67. The minimum atomic E-state index is -0.334. The van der Waals surface area contributed by atoms with Crippen LogP contribution in [0.2, 0.25) is 0 Å². The molecule has 1 N–H and O–H groups in total. The van der Waals surface area contributed by atoms with Crippen LogP contribution in [-0.2, 0) is 9.53 Å².